The number of aromatic nitrogens is 3. The molecular formula is C14H15N3Na2O5S. The number of H-pyrrole nitrogens is 1. The molecule has 3 N–H and O–H groups in total. The van der Waals surface area contributed by atoms with Crippen molar-refractivity contribution in [2.75, 3.05) is 0 Å². The molecule has 25 heavy (non-hydrogen) atoms. The summed E-state index contributed by atoms with van der Waals surface area (Å²) < 4.78 is 25.3. The maximum absolute atomic E-state index is 8.93. The third kappa shape index (κ3) is 11.0. The molecule has 0 atom stereocenters. The number of hydrogen-bond acceptors (Lipinski definition) is 7. The van der Waals surface area contributed by atoms with E-state index in [0.717, 1.165) is 11.0 Å². The molecule has 0 saturated carbocycles. The van der Waals surface area contributed by atoms with E-state index >= 15 is 0 Å². The second kappa shape index (κ2) is 13.7. The zero-order valence-corrected chi connectivity index (χ0v) is 19.2. The Morgan fingerprint density at radius 2 is 1.52 bits per heavy atom. The molecule has 0 radical (unpaired) electrons. The Hall–Kier alpha value is -0.490. The molecule has 0 aliphatic rings. The van der Waals surface area contributed by atoms with Gasteiger partial charge in [-0.25, -0.2) is 0 Å². The first-order chi connectivity index (χ1) is 10.8. The van der Waals surface area contributed by atoms with Crippen molar-refractivity contribution in [3.05, 3.63) is 47.5 Å². The summed E-state index contributed by atoms with van der Waals surface area (Å²) in [5.74, 6) is 0.401. The third-order valence-electron chi connectivity index (χ3n) is 2.65. The van der Waals surface area contributed by atoms with E-state index in [1.165, 1.54) is 23.8 Å². The Kier molecular flexibility index (Phi) is 14.6. The number of aryl methyl sites for hydroxylation is 2. The molecule has 3 rings (SSSR count). The number of rotatable bonds is 0. The molecule has 1 heterocycles. The Morgan fingerprint density at radius 1 is 0.960 bits per heavy atom. The molecular weight excluding hydrogens is 368 g/mol. The zero-order chi connectivity index (χ0) is 17.4. The van der Waals surface area contributed by atoms with Crippen LogP contribution in [0.15, 0.2) is 36.4 Å². The van der Waals surface area contributed by atoms with Gasteiger partial charge in [-0.2, -0.15) is 15.4 Å². The van der Waals surface area contributed by atoms with E-state index < -0.39 is 11.4 Å². The molecule has 0 unspecified atom stereocenters. The van der Waals surface area contributed by atoms with Gasteiger partial charge in [0.15, 0.2) is 0 Å². The number of nitrogens with zero attached hydrogens (tertiary/aromatic N) is 2. The fourth-order valence-electron chi connectivity index (χ4n) is 1.59. The molecule has 0 bridgehead atoms. The molecule has 0 spiro atoms. The van der Waals surface area contributed by atoms with Crippen molar-refractivity contribution in [2.45, 2.75) is 13.8 Å². The number of fused-ring (bicyclic) bond motifs is 1. The van der Waals surface area contributed by atoms with Gasteiger partial charge in [-0.05, 0) is 55.3 Å². The van der Waals surface area contributed by atoms with Crippen molar-refractivity contribution in [3.63, 3.8) is 0 Å². The Balaban J connectivity index is 0. The Labute approximate surface area is 191 Å². The fourth-order valence-corrected chi connectivity index (χ4v) is 1.59. The van der Waals surface area contributed by atoms with Crippen LogP contribution < -0.4 is 59.1 Å². The van der Waals surface area contributed by atoms with Crippen LogP contribution in [0.5, 0.6) is 11.5 Å². The van der Waals surface area contributed by atoms with E-state index in [4.69, 9.17) is 23.5 Å². The molecule has 0 aliphatic heterocycles. The average molecular weight is 383 g/mol. The minimum absolute atomic E-state index is 0. The molecule has 0 amide bonds. The SMILES string of the molecule is Cc1cc(O)ccc1O.Cc1ccc2n[nH]nc2c1.O=S([O-])[O-].[Na+].[Na+]. The van der Waals surface area contributed by atoms with Crippen molar-refractivity contribution in [1.82, 2.24) is 15.4 Å². The first kappa shape index (κ1) is 26.7. The fraction of sp³-hybridized carbons (Fsp3) is 0.143. The van der Waals surface area contributed by atoms with E-state index in [1.54, 1.807) is 6.92 Å². The summed E-state index contributed by atoms with van der Waals surface area (Å²) in [4.78, 5) is 0. The Bertz CT molecular complexity index is 797. The number of nitrogens with one attached hydrogen (secondary N) is 1. The van der Waals surface area contributed by atoms with Gasteiger partial charge in [0, 0.05) is 0 Å². The van der Waals surface area contributed by atoms with E-state index in [1.807, 2.05) is 25.1 Å². The average Bonchev–Trinajstić information content (AvgIpc) is 2.90. The summed E-state index contributed by atoms with van der Waals surface area (Å²) >= 11 is -3.11. The summed E-state index contributed by atoms with van der Waals surface area (Å²) in [5.41, 5.74) is 3.75. The van der Waals surface area contributed by atoms with Gasteiger partial charge in [0.1, 0.15) is 22.5 Å². The number of phenolic OH excluding ortho intramolecular Hbond substituents is 2. The van der Waals surface area contributed by atoms with Crippen LogP contribution in [0.25, 0.3) is 11.0 Å². The van der Waals surface area contributed by atoms with Gasteiger partial charge >= 0.3 is 59.1 Å². The van der Waals surface area contributed by atoms with E-state index in [-0.39, 0.29) is 70.6 Å². The topological polar surface area (TPSA) is 145 Å². The molecule has 0 aliphatic carbocycles. The van der Waals surface area contributed by atoms with Crippen molar-refractivity contribution in [1.29, 1.82) is 0 Å². The largest absolute Gasteiger partial charge is 1.00 e. The number of aromatic hydroxyl groups is 2. The van der Waals surface area contributed by atoms with Gasteiger partial charge in [0.25, 0.3) is 0 Å². The maximum atomic E-state index is 8.93. The summed E-state index contributed by atoms with van der Waals surface area (Å²) in [6.07, 6.45) is 0. The predicted octanol–water partition coefficient (Wildman–Crippen LogP) is -4.32. The van der Waals surface area contributed by atoms with Gasteiger partial charge in [-0.1, -0.05) is 6.07 Å². The van der Waals surface area contributed by atoms with Gasteiger partial charge < -0.3 is 19.3 Å². The second-order valence-electron chi connectivity index (χ2n) is 4.49. The molecule has 3 aromatic rings. The molecule has 8 nitrogen and oxygen atoms in total. The van der Waals surface area contributed by atoms with Crippen LogP contribution in [-0.2, 0) is 11.4 Å². The number of aromatic amines is 1. The van der Waals surface area contributed by atoms with Gasteiger partial charge in [-0.3, -0.25) is 4.21 Å². The Morgan fingerprint density at radius 3 is 2.04 bits per heavy atom. The van der Waals surface area contributed by atoms with Crippen LogP contribution in [0.3, 0.4) is 0 Å². The molecule has 11 heteroatoms. The van der Waals surface area contributed by atoms with E-state index in [2.05, 4.69) is 15.4 Å². The molecule has 0 saturated heterocycles. The van der Waals surface area contributed by atoms with Gasteiger partial charge in [-0.15, -0.1) is 11.4 Å². The van der Waals surface area contributed by atoms with Crippen LogP contribution in [-0.4, -0.2) is 38.9 Å². The van der Waals surface area contributed by atoms with Crippen LogP contribution in [0, 0.1) is 13.8 Å². The number of benzene rings is 2. The van der Waals surface area contributed by atoms with Crippen molar-refractivity contribution >= 4 is 22.4 Å². The van der Waals surface area contributed by atoms with Gasteiger partial charge in [0.05, 0.1) is 0 Å². The standard InChI is InChI=1S/C7H7N3.C7H8O2.2Na.H2O3S/c1-5-2-3-6-7(4-5)9-10-8-6;1-5-4-6(8)2-3-7(5)9;;;1-4(2)3/h2-4H,1H3,(H,8,9,10);2-4,8-9H,1H3;;;(H2,1,2,3)/q;;2*+1;/p-2. The summed E-state index contributed by atoms with van der Waals surface area (Å²) in [7, 11) is 0. The first-order valence-corrected chi connectivity index (χ1v) is 7.32. The predicted molar refractivity (Wildman–Crippen MR) is 82.8 cm³/mol. The monoisotopic (exact) mass is 383 g/mol. The maximum Gasteiger partial charge on any atom is 1.00 e. The van der Waals surface area contributed by atoms with Gasteiger partial charge in [0.2, 0.25) is 0 Å². The van der Waals surface area contributed by atoms with Crippen LogP contribution in [0.2, 0.25) is 0 Å². The zero-order valence-electron chi connectivity index (χ0n) is 14.4. The normalized spacial score (nSPS) is 9.00. The quantitative estimate of drug-likeness (QED) is 0.202. The first-order valence-electron chi connectivity index (χ1n) is 6.32. The summed E-state index contributed by atoms with van der Waals surface area (Å²) in [5, 5.41) is 28.2. The minimum atomic E-state index is -3.11. The third-order valence-corrected chi connectivity index (χ3v) is 2.65. The number of phenols is 2. The van der Waals surface area contributed by atoms with E-state index in [0.29, 0.717) is 5.56 Å². The molecule has 2 aromatic carbocycles. The van der Waals surface area contributed by atoms with Crippen molar-refractivity contribution in [3.8, 4) is 11.5 Å². The summed E-state index contributed by atoms with van der Waals surface area (Å²) in [6, 6.07) is 10.4. The smallest absolute Gasteiger partial charge is 0.784 e. The van der Waals surface area contributed by atoms with Crippen LogP contribution in [0.4, 0.5) is 0 Å². The van der Waals surface area contributed by atoms with Crippen LogP contribution >= 0.6 is 0 Å². The minimum Gasteiger partial charge on any atom is -0.784 e. The second-order valence-corrected chi connectivity index (χ2v) is 4.90. The van der Waals surface area contributed by atoms with Crippen molar-refractivity contribution in [2.24, 2.45) is 0 Å². The molecule has 1 aromatic heterocycles. The van der Waals surface area contributed by atoms with Crippen molar-refractivity contribution < 1.29 is 82.6 Å². The van der Waals surface area contributed by atoms with E-state index in [9.17, 15) is 0 Å². The molecule has 124 valence electrons. The number of hydrogen-bond donors (Lipinski definition) is 3. The van der Waals surface area contributed by atoms with Crippen LogP contribution in [0.1, 0.15) is 11.1 Å². The molecule has 0 fully saturated rings. The summed E-state index contributed by atoms with van der Waals surface area (Å²) in [6.45, 7) is 3.77.